The van der Waals surface area contributed by atoms with E-state index >= 15 is 0 Å². The predicted molar refractivity (Wildman–Crippen MR) is 46.4 cm³/mol. The van der Waals surface area contributed by atoms with Crippen molar-refractivity contribution in [2.45, 2.75) is 12.7 Å². The van der Waals surface area contributed by atoms with Gasteiger partial charge in [-0.3, -0.25) is 0 Å². The van der Waals surface area contributed by atoms with Crippen LogP contribution in [0.5, 0.6) is 0 Å². The maximum absolute atomic E-state index is 9.30. The van der Waals surface area contributed by atoms with Crippen molar-refractivity contribution >= 4 is 0 Å². The van der Waals surface area contributed by atoms with Crippen molar-refractivity contribution in [2.75, 3.05) is 40.1 Å². The van der Waals surface area contributed by atoms with Crippen LogP contribution in [0.3, 0.4) is 0 Å². The fraction of sp³-hybridized carbons (Fsp3) is 1.00. The number of hydrogen-bond acceptors (Lipinski definition) is 5. The molecule has 0 radical (unpaired) electrons. The lowest BCUT2D eigenvalue weighted by atomic mass is 10.3. The second-order valence-corrected chi connectivity index (χ2v) is 2.77. The Morgan fingerprint density at radius 3 is 2.31 bits per heavy atom. The maximum Gasteiger partial charge on any atom is 0.186 e. The Morgan fingerprint density at radius 1 is 1.15 bits per heavy atom. The first-order valence-electron chi connectivity index (χ1n) is 4.16. The molecule has 0 saturated carbocycles. The highest BCUT2D eigenvalue weighted by molar-refractivity contribution is 4.55. The Labute approximate surface area is 78.2 Å². The van der Waals surface area contributed by atoms with Gasteiger partial charge in [-0.2, -0.15) is 0 Å². The Hall–Kier alpha value is -0.200. The molecule has 0 aromatic heterocycles. The molecule has 0 aromatic carbocycles. The van der Waals surface area contributed by atoms with Crippen molar-refractivity contribution in [1.29, 1.82) is 0 Å². The standard InChI is InChI=1S/C8H18O5/c1-8(10,11-2)7-13-6-5-12-4-3-9/h9-10H,3-7H2,1-2H3. The van der Waals surface area contributed by atoms with Gasteiger partial charge in [0.15, 0.2) is 5.79 Å². The molecule has 0 rings (SSSR count). The van der Waals surface area contributed by atoms with Crippen LogP contribution in [0.1, 0.15) is 6.92 Å². The van der Waals surface area contributed by atoms with Crippen molar-refractivity contribution in [3.8, 4) is 0 Å². The lowest BCUT2D eigenvalue weighted by Gasteiger charge is -2.20. The number of hydrogen-bond donors (Lipinski definition) is 2. The average Bonchev–Trinajstić information content (AvgIpc) is 2.11. The van der Waals surface area contributed by atoms with Crippen LogP contribution in [-0.2, 0) is 14.2 Å². The first-order valence-corrected chi connectivity index (χ1v) is 4.16. The minimum absolute atomic E-state index is 0.00971. The number of aliphatic hydroxyl groups is 2. The van der Waals surface area contributed by atoms with E-state index in [0.717, 1.165) is 0 Å². The van der Waals surface area contributed by atoms with E-state index in [-0.39, 0.29) is 13.2 Å². The molecule has 0 spiro atoms. The van der Waals surface area contributed by atoms with Crippen molar-refractivity contribution < 1.29 is 24.4 Å². The molecule has 0 heterocycles. The number of ether oxygens (including phenoxy) is 3. The quantitative estimate of drug-likeness (QED) is 0.397. The van der Waals surface area contributed by atoms with E-state index in [4.69, 9.17) is 19.3 Å². The van der Waals surface area contributed by atoms with Gasteiger partial charge in [0, 0.05) is 7.11 Å². The molecule has 0 bridgehead atoms. The number of methoxy groups -OCH3 is 1. The molecule has 80 valence electrons. The van der Waals surface area contributed by atoms with E-state index in [2.05, 4.69) is 0 Å². The second-order valence-electron chi connectivity index (χ2n) is 2.77. The third-order valence-electron chi connectivity index (χ3n) is 1.42. The summed E-state index contributed by atoms with van der Waals surface area (Å²) in [7, 11) is 1.41. The minimum atomic E-state index is -1.24. The first-order chi connectivity index (χ1) is 6.12. The number of aliphatic hydroxyl groups excluding tert-OH is 1. The summed E-state index contributed by atoms with van der Waals surface area (Å²) in [4.78, 5) is 0. The zero-order valence-corrected chi connectivity index (χ0v) is 8.15. The topological polar surface area (TPSA) is 68.2 Å². The molecule has 0 fully saturated rings. The molecule has 0 saturated heterocycles. The van der Waals surface area contributed by atoms with Crippen LogP contribution in [0.15, 0.2) is 0 Å². The molecule has 0 aliphatic carbocycles. The Kier molecular flexibility index (Phi) is 7.12. The van der Waals surface area contributed by atoms with Gasteiger partial charge in [0.05, 0.1) is 26.4 Å². The van der Waals surface area contributed by atoms with Crippen LogP contribution in [0, 0.1) is 0 Å². The van der Waals surface area contributed by atoms with Crippen LogP contribution in [0.4, 0.5) is 0 Å². The van der Waals surface area contributed by atoms with Crippen molar-refractivity contribution in [1.82, 2.24) is 0 Å². The molecule has 1 atom stereocenters. The van der Waals surface area contributed by atoms with Gasteiger partial charge in [0.25, 0.3) is 0 Å². The third kappa shape index (κ3) is 8.14. The molecule has 13 heavy (non-hydrogen) atoms. The van der Waals surface area contributed by atoms with Crippen molar-refractivity contribution in [3.05, 3.63) is 0 Å². The molecule has 0 amide bonds. The van der Waals surface area contributed by atoms with Crippen molar-refractivity contribution in [3.63, 3.8) is 0 Å². The normalized spacial score (nSPS) is 15.7. The summed E-state index contributed by atoms with van der Waals surface area (Å²) in [5.41, 5.74) is 0. The average molecular weight is 194 g/mol. The van der Waals surface area contributed by atoms with E-state index in [0.29, 0.717) is 19.8 Å². The van der Waals surface area contributed by atoms with E-state index < -0.39 is 5.79 Å². The SMILES string of the molecule is COC(C)(O)COCCOCCO. The molecular weight excluding hydrogens is 176 g/mol. The summed E-state index contributed by atoms with van der Waals surface area (Å²) in [5, 5.41) is 17.7. The lowest BCUT2D eigenvalue weighted by molar-refractivity contribution is -0.205. The summed E-state index contributed by atoms with van der Waals surface area (Å²) in [6.45, 7) is 2.72. The highest BCUT2D eigenvalue weighted by atomic mass is 16.6. The van der Waals surface area contributed by atoms with E-state index in [1.54, 1.807) is 0 Å². The predicted octanol–water partition coefficient (Wildman–Crippen LogP) is -0.633. The van der Waals surface area contributed by atoms with E-state index in [1.807, 2.05) is 0 Å². The fourth-order valence-corrected chi connectivity index (χ4v) is 0.605. The Bertz CT molecular complexity index is 115. The molecular formula is C8H18O5. The Morgan fingerprint density at radius 2 is 1.77 bits per heavy atom. The Balaban J connectivity index is 3.16. The number of rotatable bonds is 8. The van der Waals surface area contributed by atoms with Crippen LogP contribution in [-0.4, -0.2) is 56.1 Å². The molecule has 5 nitrogen and oxygen atoms in total. The minimum Gasteiger partial charge on any atom is -0.394 e. The van der Waals surface area contributed by atoms with E-state index in [1.165, 1.54) is 14.0 Å². The van der Waals surface area contributed by atoms with Gasteiger partial charge in [0.1, 0.15) is 6.61 Å². The summed E-state index contributed by atoms with van der Waals surface area (Å²) >= 11 is 0. The maximum atomic E-state index is 9.30. The first kappa shape index (κ1) is 12.8. The summed E-state index contributed by atoms with van der Waals surface area (Å²) in [6.07, 6.45) is 0. The second kappa shape index (κ2) is 7.23. The van der Waals surface area contributed by atoms with Gasteiger partial charge in [0.2, 0.25) is 0 Å². The van der Waals surface area contributed by atoms with Crippen LogP contribution in [0.25, 0.3) is 0 Å². The zero-order valence-electron chi connectivity index (χ0n) is 8.15. The third-order valence-corrected chi connectivity index (χ3v) is 1.42. The summed E-state index contributed by atoms with van der Waals surface area (Å²) in [6, 6.07) is 0. The van der Waals surface area contributed by atoms with Gasteiger partial charge < -0.3 is 24.4 Å². The van der Waals surface area contributed by atoms with Gasteiger partial charge >= 0.3 is 0 Å². The van der Waals surface area contributed by atoms with E-state index in [9.17, 15) is 5.11 Å². The van der Waals surface area contributed by atoms with Crippen LogP contribution in [0.2, 0.25) is 0 Å². The highest BCUT2D eigenvalue weighted by Gasteiger charge is 2.18. The van der Waals surface area contributed by atoms with Gasteiger partial charge in [-0.1, -0.05) is 0 Å². The smallest absolute Gasteiger partial charge is 0.186 e. The molecule has 0 aliphatic rings. The summed E-state index contributed by atoms with van der Waals surface area (Å²) in [5.74, 6) is -1.24. The zero-order chi connectivity index (χ0) is 10.2. The molecule has 0 aliphatic heterocycles. The van der Waals surface area contributed by atoms with Crippen LogP contribution >= 0.6 is 0 Å². The van der Waals surface area contributed by atoms with Gasteiger partial charge in [-0.15, -0.1) is 0 Å². The van der Waals surface area contributed by atoms with Gasteiger partial charge in [-0.25, -0.2) is 0 Å². The molecule has 1 unspecified atom stereocenters. The molecule has 2 N–H and O–H groups in total. The summed E-state index contributed by atoms with van der Waals surface area (Å²) < 4.78 is 14.7. The fourth-order valence-electron chi connectivity index (χ4n) is 0.605. The van der Waals surface area contributed by atoms with Gasteiger partial charge in [-0.05, 0) is 6.92 Å². The highest BCUT2D eigenvalue weighted by Crippen LogP contribution is 2.03. The molecule has 0 aromatic rings. The lowest BCUT2D eigenvalue weighted by Crippen LogP contribution is -2.33. The van der Waals surface area contributed by atoms with Crippen LogP contribution < -0.4 is 0 Å². The largest absolute Gasteiger partial charge is 0.394 e. The monoisotopic (exact) mass is 194 g/mol. The van der Waals surface area contributed by atoms with Crippen molar-refractivity contribution in [2.24, 2.45) is 0 Å². The molecule has 5 heteroatoms.